The second kappa shape index (κ2) is 8.29. The molecule has 28 heavy (non-hydrogen) atoms. The van der Waals surface area contributed by atoms with Crippen molar-refractivity contribution in [2.24, 2.45) is 0 Å². The maximum atomic E-state index is 12.5. The lowest BCUT2D eigenvalue weighted by Crippen LogP contribution is -2.43. The Morgan fingerprint density at radius 3 is 2.75 bits per heavy atom. The summed E-state index contributed by atoms with van der Waals surface area (Å²) >= 11 is 12.8. The molecule has 1 fully saturated rings. The molecule has 0 radical (unpaired) electrons. The van der Waals surface area contributed by atoms with E-state index >= 15 is 0 Å². The van der Waals surface area contributed by atoms with Crippen molar-refractivity contribution in [3.63, 3.8) is 0 Å². The second-order valence-corrected chi connectivity index (χ2v) is 8.20. The van der Waals surface area contributed by atoms with E-state index in [1.165, 1.54) is 0 Å². The van der Waals surface area contributed by atoms with Gasteiger partial charge in [-0.05, 0) is 48.0 Å². The number of hydrogen-bond donors (Lipinski definition) is 1. The number of benzene rings is 2. The lowest BCUT2D eigenvalue weighted by atomic mass is 9.84. The van der Waals surface area contributed by atoms with E-state index in [0.717, 1.165) is 35.5 Å². The molecule has 1 atom stereocenters. The van der Waals surface area contributed by atoms with Crippen molar-refractivity contribution in [2.45, 2.75) is 12.5 Å². The van der Waals surface area contributed by atoms with E-state index in [4.69, 9.17) is 27.9 Å². The van der Waals surface area contributed by atoms with Crippen LogP contribution in [0, 0.1) is 0 Å². The van der Waals surface area contributed by atoms with Crippen molar-refractivity contribution in [3.05, 3.63) is 63.1 Å². The van der Waals surface area contributed by atoms with Gasteiger partial charge in [0, 0.05) is 47.8 Å². The Kier molecular flexibility index (Phi) is 5.78. The summed E-state index contributed by atoms with van der Waals surface area (Å²) in [6.07, 6.45) is 0. The minimum atomic E-state index is -0.0901. The molecule has 2 aliphatic heterocycles. The summed E-state index contributed by atoms with van der Waals surface area (Å²) < 4.78 is 5.31. The number of urea groups is 1. The van der Waals surface area contributed by atoms with Gasteiger partial charge in [0.15, 0.2) is 0 Å². The fourth-order valence-corrected chi connectivity index (χ4v) is 4.50. The number of halogens is 2. The number of rotatable bonds is 2. The van der Waals surface area contributed by atoms with Crippen LogP contribution in [0.5, 0.6) is 0 Å². The Labute approximate surface area is 175 Å². The van der Waals surface area contributed by atoms with Gasteiger partial charge in [-0.15, -0.1) is 0 Å². The fourth-order valence-electron chi connectivity index (χ4n) is 3.93. The number of morpholine rings is 1. The van der Waals surface area contributed by atoms with E-state index in [2.05, 4.69) is 23.3 Å². The molecular weight excluding hydrogens is 397 g/mol. The summed E-state index contributed by atoms with van der Waals surface area (Å²) in [5, 5.41) is 4.37. The summed E-state index contributed by atoms with van der Waals surface area (Å²) in [5.74, 6) is 0.144. The topological polar surface area (TPSA) is 44.8 Å². The van der Waals surface area contributed by atoms with Crippen LogP contribution in [0.2, 0.25) is 10.0 Å². The zero-order valence-electron chi connectivity index (χ0n) is 15.8. The van der Waals surface area contributed by atoms with Gasteiger partial charge >= 0.3 is 6.03 Å². The van der Waals surface area contributed by atoms with E-state index in [-0.39, 0.29) is 11.9 Å². The third-order valence-electron chi connectivity index (χ3n) is 5.33. The molecule has 1 unspecified atom stereocenters. The molecule has 4 rings (SSSR count). The first-order valence-electron chi connectivity index (χ1n) is 9.41. The van der Waals surface area contributed by atoms with E-state index in [1.54, 1.807) is 11.0 Å². The van der Waals surface area contributed by atoms with Gasteiger partial charge in [0.2, 0.25) is 0 Å². The van der Waals surface area contributed by atoms with Gasteiger partial charge in [0.05, 0.1) is 13.2 Å². The molecule has 0 saturated carbocycles. The van der Waals surface area contributed by atoms with Gasteiger partial charge in [0.1, 0.15) is 0 Å². The number of hydrogen-bond acceptors (Lipinski definition) is 3. The smallest absolute Gasteiger partial charge is 0.321 e. The highest BCUT2D eigenvalue weighted by Crippen LogP contribution is 2.38. The monoisotopic (exact) mass is 419 g/mol. The van der Waals surface area contributed by atoms with Crippen LogP contribution in [0.4, 0.5) is 10.5 Å². The zero-order valence-corrected chi connectivity index (χ0v) is 17.3. The largest absolute Gasteiger partial charge is 0.378 e. The molecule has 7 heteroatoms. The summed E-state index contributed by atoms with van der Waals surface area (Å²) in [5.41, 5.74) is 4.20. The lowest BCUT2D eigenvalue weighted by molar-refractivity contribution is 0.0564. The minimum Gasteiger partial charge on any atom is -0.378 e. The molecular formula is C21H23Cl2N3O2. The SMILES string of the molecule is CN1Cc2c(Cl)cc(Cl)cc2C(c2cccc(NC(=O)N3CCOCC3)c2)C1. The van der Waals surface area contributed by atoms with E-state index in [0.29, 0.717) is 36.3 Å². The van der Waals surface area contributed by atoms with Crippen LogP contribution in [-0.2, 0) is 11.3 Å². The van der Waals surface area contributed by atoms with Crippen molar-refractivity contribution >= 4 is 34.9 Å². The Morgan fingerprint density at radius 2 is 1.96 bits per heavy atom. The average Bonchev–Trinajstić information content (AvgIpc) is 2.69. The molecule has 148 valence electrons. The molecule has 0 spiro atoms. The molecule has 0 bridgehead atoms. The molecule has 1 saturated heterocycles. The van der Waals surface area contributed by atoms with Crippen molar-refractivity contribution in [3.8, 4) is 0 Å². The van der Waals surface area contributed by atoms with Gasteiger partial charge in [-0.2, -0.15) is 0 Å². The summed E-state index contributed by atoms with van der Waals surface area (Å²) in [7, 11) is 2.09. The molecule has 2 amide bonds. The van der Waals surface area contributed by atoms with Crippen molar-refractivity contribution in [1.29, 1.82) is 0 Å². The van der Waals surface area contributed by atoms with Gasteiger partial charge in [0.25, 0.3) is 0 Å². The number of carbonyl (C=O) groups is 1. The third kappa shape index (κ3) is 4.13. The third-order valence-corrected chi connectivity index (χ3v) is 5.89. The minimum absolute atomic E-state index is 0.0901. The predicted molar refractivity (Wildman–Crippen MR) is 112 cm³/mol. The maximum Gasteiger partial charge on any atom is 0.321 e. The maximum absolute atomic E-state index is 12.5. The molecule has 5 nitrogen and oxygen atoms in total. The van der Waals surface area contributed by atoms with Crippen LogP contribution in [0.1, 0.15) is 22.6 Å². The Bertz CT molecular complexity index is 884. The fraction of sp³-hybridized carbons (Fsp3) is 0.381. The van der Waals surface area contributed by atoms with Crippen LogP contribution in [0.15, 0.2) is 36.4 Å². The molecule has 2 heterocycles. The number of anilines is 1. The van der Waals surface area contributed by atoms with Crippen LogP contribution in [0.3, 0.4) is 0 Å². The summed E-state index contributed by atoms with van der Waals surface area (Å²) in [4.78, 5) is 16.5. The standard InChI is InChI=1S/C21H23Cl2N3O2/c1-25-12-18(17-10-15(22)11-20(23)19(17)13-25)14-3-2-4-16(9-14)24-21(27)26-5-7-28-8-6-26/h2-4,9-11,18H,5-8,12-13H2,1H3,(H,24,27). The number of likely N-dealkylation sites (N-methyl/N-ethyl adjacent to an activating group) is 1. The Morgan fingerprint density at radius 1 is 1.18 bits per heavy atom. The highest BCUT2D eigenvalue weighted by atomic mass is 35.5. The Hall–Kier alpha value is -1.79. The van der Waals surface area contributed by atoms with Gasteiger partial charge in [-0.1, -0.05) is 35.3 Å². The average molecular weight is 420 g/mol. The first-order valence-corrected chi connectivity index (χ1v) is 10.2. The van der Waals surface area contributed by atoms with Crippen LogP contribution < -0.4 is 5.32 Å². The van der Waals surface area contributed by atoms with E-state index in [1.807, 2.05) is 24.3 Å². The quantitative estimate of drug-likeness (QED) is 0.782. The van der Waals surface area contributed by atoms with Crippen LogP contribution in [-0.4, -0.2) is 55.7 Å². The molecule has 2 aliphatic rings. The van der Waals surface area contributed by atoms with E-state index in [9.17, 15) is 4.79 Å². The van der Waals surface area contributed by atoms with Crippen molar-refractivity contribution in [1.82, 2.24) is 9.80 Å². The number of fused-ring (bicyclic) bond motifs is 1. The normalized spacial score (nSPS) is 20.0. The zero-order chi connectivity index (χ0) is 19.7. The first kappa shape index (κ1) is 19.5. The lowest BCUT2D eigenvalue weighted by Gasteiger charge is -2.33. The molecule has 0 aromatic heterocycles. The summed E-state index contributed by atoms with van der Waals surface area (Å²) in [6, 6.07) is 11.8. The highest BCUT2D eigenvalue weighted by molar-refractivity contribution is 6.35. The number of ether oxygens (including phenoxy) is 1. The highest BCUT2D eigenvalue weighted by Gasteiger charge is 2.27. The summed E-state index contributed by atoms with van der Waals surface area (Å²) in [6.45, 7) is 4.06. The Balaban J connectivity index is 1.60. The van der Waals surface area contributed by atoms with Crippen molar-refractivity contribution < 1.29 is 9.53 Å². The number of nitrogens with zero attached hydrogens (tertiary/aromatic N) is 2. The second-order valence-electron chi connectivity index (χ2n) is 7.36. The molecule has 2 aromatic carbocycles. The van der Waals surface area contributed by atoms with Gasteiger partial charge in [-0.25, -0.2) is 4.79 Å². The van der Waals surface area contributed by atoms with Crippen LogP contribution >= 0.6 is 23.2 Å². The first-order chi connectivity index (χ1) is 13.5. The number of nitrogens with one attached hydrogen (secondary N) is 1. The van der Waals surface area contributed by atoms with Gasteiger partial charge in [-0.3, -0.25) is 0 Å². The van der Waals surface area contributed by atoms with Gasteiger partial charge < -0.3 is 19.9 Å². The number of amides is 2. The number of carbonyl (C=O) groups excluding carboxylic acids is 1. The molecule has 1 N–H and O–H groups in total. The molecule has 0 aliphatic carbocycles. The predicted octanol–water partition coefficient (Wildman–Crippen LogP) is 4.43. The van der Waals surface area contributed by atoms with Crippen LogP contribution in [0.25, 0.3) is 0 Å². The molecule has 2 aromatic rings. The van der Waals surface area contributed by atoms with Crippen molar-refractivity contribution in [2.75, 3.05) is 45.2 Å². The van der Waals surface area contributed by atoms with E-state index < -0.39 is 0 Å².